The molecule has 1 aromatic rings. The number of nitrogens with zero attached hydrogens (tertiary/aromatic N) is 2. The second-order valence-electron chi connectivity index (χ2n) is 2.67. The SMILES string of the molecule is N#Cc1nc(C(F)F)cc(S(N)(=O)=O)c1F. The van der Waals surface area contributed by atoms with Crippen molar-refractivity contribution in [3.8, 4) is 6.07 Å². The molecule has 0 spiro atoms. The number of hydrogen-bond donors (Lipinski definition) is 1. The topological polar surface area (TPSA) is 96.8 Å². The van der Waals surface area contributed by atoms with E-state index in [0.717, 1.165) is 6.07 Å². The van der Waals surface area contributed by atoms with E-state index in [1.807, 2.05) is 0 Å². The number of pyridine rings is 1. The summed E-state index contributed by atoms with van der Waals surface area (Å²) in [6, 6.07) is 1.47. The zero-order valence-electron chi connectivity index (χ0n) is 7.49. The highest BCUT2D eigenvalue weighted by molar-refractivity contribution is 7.89. The van der Waals surface area contributed by atoms with Crippen LogP contribution in [0.15, 0.2) is 11.0 Å². The molecule has 0 aliphatic carbocycles. The monoisotopic (exact) mass is 251 g/mol. The zero-order chi connectivity index (χ0) is 12.5. The van der Waals surface area contributed by atoms with Gasteiger partial charge in [-0.2, -0.15) is 5.26 Å². The molecule has 1 aromatic heterocycles. The standard InChI is InChI=1S/C7H4F3N3O2S/c8-6-4(2-11)13-3(7(9)10)1-5(6)16(12,14)15/h1,7H,(H2,12,14,15). The summed E-state index contributed by atoms with van der Waals surface area (Å²) in [6.07, 6.45) is -3.13. The summed E-state index contributed by atoms with van der Waals surface area (Å²) in [4.78, 5) is 1.79. The van der Waals surface area contributed by atoms with Crippen molar-refractivity contribution in [3.63, 3.8) is 0 Å². The molecule has 0 aromatic carbocycles. The summed E-state index contributed by atoms with van der Waals surface area (Å²) in [7, 11) is -4.52. The Morgan fingerprint density at radius 2 is 2.06 bits per heavy atom. The average Bonchev–Trinajstić information content (AvgIpc) is 2.15. The van der Waals surface area contributed by atoms with E-state index in [2.05, 4.69) is 10.1 Å². The van der Waals surface area contributed by atoms with Gasteiger partial charge in [0, 0.05) is 0 Å². The predicted octanol–water partition coefficient (Wildman–Crippen LogP) is 0.677. The van der Waals surface area contributed by atoms with Gasteiger partial charge in [-0.15, -0.1) is 0 Å². The minimum absolute atomic E-state index is 0.302. The number of alkyl halides is 2. The molecule has 0 fully saturated rings. The highest BCUT2D eigenvalue weighted by Gasteiger charge is 2.23. The third-order valence-corrected chi connectivity index (χ3v) is 2.49. The van der Waals surface area contributed by atoms with E-state index < -0.39 is 38.5 Å². The van der Waals surface area contributed by atoms with Gasteiger partial charge in [0.25, 0.3) is 6.43 Å². The first-order valence-electron chi connectivity index (χ1n) is 3.69. The number of nitriles is 1. The molecule has 0 aliphatic heterocycles. The summed E-state index contributed by atoms with van der Waals surface area (Å²) < 4.78 is 59.4. The summed E-state index contributed by atoms with van der Waals surface area (Å²) in [5.41, 5.74) is -2.07. The molecule has 0 radical (unpaired) electrons. The van der Waals surface area contributed by atoms with E-state index in [1.54, 1.807) is 0 Å². The Morgan fingerprint density at radius 3 is 2.44 bits per heavy atom. The van der Waals surface area contributed by atoms with Gasteiger partial charge < -0.3 is 0 Å². The highest BCUT2D eigenvalue weighted by Crippen LogP contribution is 2.23. The number of hydrogen-bond acceptors (Lipinski definition) is 4. The van der Waals surface area contributed by atoms with Gasteiger partial charge >= 0.3 is 0 Å². The molecule has 0 amide bonds. The summed E-state index contributed by atoms with van der Waals surface area (Å²) in [6.45, 7) is 0. The number of sulfonamides is 1. The van der Waals surface area contributed by atoms with Crippen LogP contribution in [0.25, 0.3) is 0 Å². The lowest BCUT2D eigenvalue weighted by Gasteiger charge is -2.05. The quantitative estimate of drug-likeness (QED) is 0.835. The summed E-state index contributed by atoms with van der Waals surface area (Å²) in [5, 5.41) is 13.0. The summed E-state index contributed by atoms with van der Waals surface area (Å²) in [5.74, 6) is -1.53. The fourth-order valence-electron chi connectivity index (χ4n) is 0.918. The number of primary sulfonamides is 1. The van der Waals surface area contributed by atoms with Crippen LogP contribution in [-0.2, 0) is 10.0 Å². The first-order valence-corrected chi connectivity index (χ1v) is 5.23. The van der Waals surface area contributed by atoms with E-state index in [1.165, 1.54) is 0 Å². The van der Waals surface area contributed by atoms with Crippen molar-refractivity contribution >= 4 is 10.0 Å². The van der Waals surface area contributed by atoms with Gasteiger partial charge in [-0.25, -0.2) is 31.7 Å². The third kappa shape index (κ3) is 2.29. The van der Waals surface area contributed by atoms with Crippen LogP contribution in [0, 0.1) is 17.1 Å². The molecule has 1 heterocycles. The van der Waals surface area contributed by atoms with Crippen LogP contribution in [0.5, 0.6) is 0 Å². The maximum absolute atomic E-state index is 13.2. The van der Waals surface area contributed by atoms with Crippen LogP contribution >= 0.6 is 0 Å². The van der Waals surface area contributed by atoms with Gasteiger partial charge in [0.05, 0.1) is 0 Å². The molecular weight excluding hydrogens is 247 g/mol. The van der Waals surface area contributed by atoms with Crippen LogP contribution in [0.4, 0.5) is 13.2 Å². The molecule has 9 heteroatoms. The molecule has 0 bridgehead atoms. The van der Waals surface area contributed by atoms with E-state index in [4.69, 9.17) is 5.26 Å². The second kappa shape index (κ2) is 4.07. The van der Waals surface area contributed by atoms with Crippen LogP contribution < -0.4 is 5.14 Å². The van der Waals surface area contributed by atoms with Gasteiger partial charge in [-0.05, 0) is 6.07 Å². The lowest BCUT2D eigenvalue weighted by molar-refractivity contribution is 0.145. The van der Waals surface area contributed by atoms with E-state index in [-0.39, 0.29) is 0 Å². The number of halogens is 3. The van der Waals surface area contributed by atoms with Crippen molar-refractivity contribution in [1.82, 2.24) is 4.98 Å². The van der Waals surface area contributed by atoms with Crippen molar-refractivity contribution < 1.29 is 21.6 Å². The molecule has 16 heavy (non-hydrogen) atoms. The maximum Gasteiger partial charge on any atom is 0.280 e. The highest BCUT2D eigenvalue weighted by atomic mass is 32.2. The Hall–Kier alpha value is -1.66. The van der Waals surface area contributed by atoms with Crippen LogP contribution in [-0.4, -0.2) is 13.4 Å². The Kier molecular flexibility index (Phi) is 3.16. The average molecular weight is 251 g/mol. The van der Waals surface area contributed by atoms with Crippen molar-refractivity contribution in [2.24, 2.45) is 5.14 Å². The van der Waals surface area contributed by atoms with Gasteiger partial charge in [-0.3, -0.25) is 0 Å². The molecule has 0 unspecified atom stereocenters. The molecule has 5 nitrogen and oxygen atoms in total. The Balaban J connectivity index is 3.63. The minimum Gasteiger partial charge on any atom is -0.233 e. The van der Waals surface area contributed by atoms with Gasteiger partial charge in [-0.1, -0.05) is 0 Å². The maximum atomic E-state index is 13.2. The molecule has 0 atom stereocenters. The molecule has 0 aliphatic rings. The van der Waals surface area contributed by atoms with Crippen molar-refractivity contribution in [1.29, 1.82) is 5.26 Å². The number of rotatable bonds is 2. The second-order valence-corrected chi connectivity index (χ2v) is 4.20. The first kappa shape index (κ1) is 12.4. The normalized spacial score (nSPS) is 11.5. The lowest BCUT2D eigenvalue weighted by Crippen LogP contribution is -2.16. The Bertz CT molecular complexity index is 565. The Morgan fingerprint density at radius 1 is 1.50 bits per heavy atom. The number of aromatic nitrogens is 1. The van der Waals surface area contributed by atoms with Gasteiger partial charge in [0.1, 0.15) is 16.7 Å². The minimum atomic E-state index is -4.52. The van der Waals surface area contributed by atoms with Gasteiger partial charge in [0.2, 0.25) is 10.0 Å². The zero-order valence-corrected chi connectivity index (χ0v) is 8.30. The summed E-state index contributed by atoms with van der Waals surface area (Å²) >= 11 is 0. The Labute approximate surface area is 88.4 Å². The smallest absolute Gasteiger partial charge is 0.233 e. The molecule has 86 valence electrons. The van der Waals surface area contributed by atoms with Crippen molar-refractivity contribution in [2.75, 3.05) is 0 Å². The van der Waals surface area contributed by atoms with Gasteiger partial charge in [0.15, 0.2) is 11.5 Å². The molecule has 1 rings (SSSR count). The lowest BCUT2D eigenvalue weighted by atomic mass is 10.3. The molecular formula is C7H4F3N3O2S. The molecule has 0 saturated heterocycles. The van der Waals surface area contributed by atoms with E-state index >= 15 is 0 Å². The van der Waals surface area contributed by atoms with Crippen molar-refractivity contribution in [2.45, 2.75) is 11.3 Å². The van der Waals surface area contributed by atoms with E-state index in [0.29, 0.717) is 6.07 Å². The number of nitrogens with two attached hydrogens (primary N) is 1. The fraction of sp³-hybridized carbons (Fsp3) is 0.143. The largest absolute Gasteiger partial charge is 0.280 e. The first-order chi connectivity index (χ1) is 7.27. The molecule has 0 saturated carbocycles. The van der Waals surface area contributed by atoms with Crippen molar-refractivity contribution in [3.05, 3.63) is 23.3 Å². The van der Waals surface area contributed by atoms with E-state index in [9.17, 15) is 21.6 Å². The van der Waals surface area contributed by atoms with Crippen LogP contribution in [0.3, 0.4) is 0 Å². The third-order valence-electron chi connectivity index (χ3n) is 1.58. The fourth-order valence-corrected chi connectivity index (χ4v) is 1.55. The van der Waals surface area contributed by atoms with Crippen LogP contribution in [0.1, 0.15) is 17.8 Å². The molecule has 2 N–H and O–H groups in total. The van der Waals surface area contributed by atoms with Crippen LogP contribution in [0.2, 0.25) is 0 Å². The predicted molar refractivity (Wildman–Crippen MR) is 45.2 cm³/mol.